The number of hydrogen-bond acceptors (Lipinski definition) is 3. The van der Waals surface area contributed by atoms with Gasteiger partial charge >= 0.3 is 0 Å². The van der Waals surface area contributed by atoms with Crippen molar-refractivity contribution in [2.24, 2.45) is 0 Å². The van der Waals surface area contributed by atoms with Crippen LogP contribution in [0.3, 0.4) is 0 Å². The summed E-state index contributed by atoms with van der Waals surface area (Å²) in [5.74, 6) is 0.846. The van der Waals surface area contributed by atoms with Gasteiger partial charge in [-0.3, -0.25) is 10.3 Å². The zero-order valence-corrected chi connectivity index (χ0v) is 8.61. The van der Waals surface area contributed by atoms with Crippen LogP contribution in [0.1, 0.15) is 6.42 Å². The Hall–Kier alpha value is -0.360. The van der Waals surface area contributed by atoms with Gasteiger partial charge in [-0.2, -0.15) is 0 Å². The molecule has 2 heterocycles. The molecule has 4 heteroatoms. The topological polar surface area (TPSA) is 34.1 Å². The minimum Gasteiger partial charge on any atom is -0.474 e. The van der Waals surface area contributed by atoms with Gasteiger partial charge in [0.25, 0.3) is 0 Å². The Labute approximate surface area is 84.7 Å². The molecule has 0 spiro atoms. The number of ether oxygens (including phenoxy) is 1. The fourth-order valence-electron chi connectivity index (χ4n) is 0.984. The SMILES string of the molecule is Ic1cncc(O[C@H]2CCN2)c1. The van der Waals surface area contributed by atoms with E-state index in [1.54, 1.807) is 6.20 Å². The van der Waals surface area contributed by atoms with Crippen LogP contribution in [0, 0.1) is 3.57 Å². The van der Waals surface area contributed by atoms with Gasteiger partial charge < -0.3 is 4.74 Å². The highest BCUT2D eigenvalue weighted by Gasteiger charge is 2.17. The third-order valence-electron chi connectivity index (χ3n) is 1.74. The Kier molecular flexibility index (Phi) is 2.45. The first-order valence-corrected chi connectivity index (χ1v) is 4.93. The van der Waals surface area contributed by atoms with Gasteiger partial charge in [0.1, 0.15) is 5.75 Å². The molecule has 0 radical (unpaired) electrons. The number of aromatic nitrogens is 1. The van der Waals surface area contributed by atoms with Gasteiger partial charge in [-0.1, -0.05) is 0 Å². The predicted octanol–water partition coefficient (Wildman–Crippen LogP) is 1.38. The van der Waals surface area contributed by atoms with Crippen LogP contribution in [0.25, 0.3) is 0 Å². The second-order valence-corrected chi connectivity index (χ2v) is 3.93. The summed E-state index contributed by atoms with van der Waals surface area (Å²) in [6.45, 7) is 1.06. The molecule has 12 heavy (non-hydrogen) atoms. The molecule has 1 aliphatic heterocycles. The first-order chi connectivity index (χ1) is 5.84. The Morgan fingerprint density at radius 1 is 1.58 bits per heavy atom. The molecular weight excluding hydrogens is 267 g/mol. The molecule has 1 aromatic heterocycles. The summed E-state index contributed by atoms with van der Waals surface area (Å²) in [6, 6.07) is 1.98. The van der Waals surface area contributed by atoms with Crippen molar-refractivity contribution >= 4 is 22.6 Å². The number of hydrogen-bond donors (Lipinski definition) is 1. The summed E-state index contributed by atoms with van der Waals surface area (Å²) in [5, 5.41) is 3.16. The van der Waals surface area contributed by atoms with E-state index in [2.05, 4.69) is 32.9 Å². The molecule has 0 amide bonds. The number of halogens is 1. The quantitative estimate of drug-likeness (QED) is 0.829. The van der Waals surface area contributed by atoms with Crippen molar-refractivity contribution < 1.29 is 4.74 Å². The van der Waals surface area contributed by atoms with Crippen LogP contribution in [0.5, 0.6) is 5.75 Å². The maximum absolute atomic E-state index is 5.55. The average Bonchev–Trinajstić information content (AvgIpc) is 1.97. The summed E-state index contributed by atoms with van der Waals surface area (Å²) in [4.78, 5) is 4.04. The highest BCUT2D eigenvalue weighted by molar-refractivity contribution is 14.1. The number of nitrogens with one attached hydrogen (secondary N) is 1. The van der Waals surface area contributed by atoms with E-state index in [-0.39, 0.29) is 6.23 Å². The van der Waals surface area contributed by atoms with Crippen molar-refractivity contribution in [1.29, 1.82) is 0 Å². The molecule has 64 valence electrons. The van der Waals surface area contributed by atoms with Crippen molar-refractivity contribution in [2.45, 2.75) is 12.6 Å². The van der Waals surface area contributed by atoms with Crippen LogP contribution in [0.4, 0.5) is 0 Å². The minimum atomic E-state index is 0.199. The van der Waals surface area contributed by atoms with Gasteiger partial charge in [0.2, 0.25) is 0 Å². The molecule has 0 saturated carbocycles. The highest BCUT2D eigenvalue weighted by atomic mass is 127. The van der Waals surface area contributed by atoms with E-state index in [1.807, 2.05) is 12.3 Å². The molecule has 0 bridgehead atoms. The molecule has 0 aliphatic carbocycles. The molecule has 1 atom stereocenters. The Morgan fingerprint density at radius 2 is 2.42 bits per heavy atom. The van der Waals surface area contributed by atoms with Crippen LogP contribution in [-0.4, -0.2) is 17.8 Å². The van der Waals surface area contributed by atoms with Gasteiger partial charge in [-0.15, -0.1) is 0 Å². The minimum absolute atomic E-state index is 0.199. The van der Waals surface area contributed by atoms with Gasteiger partial charge in [0, 0.05) is 22.7 Å². The largest absolute Gasteiger partial charge is 0.474 e. The molecule has 1 saturated heterocycles. The molecule has 3 nitrogen and oxygen atoms in total. The molecule has 1 aromatic rings. The van der Waals surface area contributed by atoms with E-state index in [9.17, 15) is 0 Å². The predicted molar refractivity (Wildman–Crippen MR) is 54.0 cm³/mol. The fourth-order valence-corrected chi connectivity index (χ4v) is 1.45. The zero-order valence-electron chi connectivity index (χ0n) is 6.46. The van der Waals surface area contributed by atoms with Gasteiger partial charge in [0.15, 0.2) is 6.23 Å². The third kappa shape index (κ3) is 1.87. The summed E-state index contributed by atoms with van der Waals surface area (Å²) in [6.07, 6.45) is 4.83. The molecule has 1 fully saturated rings. The first kappa shape index (κ1) is 8.25. The second kappa shape index (κ2) is 3.57. The summed E-state index contributed by atoms with van der Waals surface area (Å²) in [5.41, 5.74) is 0. The standard InChI is InChI=1S/C8H9IN2O/c9-6-3-7(5-10-4-6)12-8-1-2-11-8/h3-5,8,11H,1-2H2/t8-/m0/s1. The molecule has 0 unspecified atom stereocenters. The monoisotopic (exact) mass is 276 g/mol. The third-order valence-corrected chi connectivity index (χ3v) is 2.33. The maximum atomic E-state index is 5.55. The average molecular weight is 276 g/mol. The molecule has 1 aliphatic rings. The van der Waals surface area contributed by atoms with Crippen LogP contribution in [-0.2, 0) is 0 Å². The fraction of sp³-hybridized carbons (Fsp3) is 0.375. The number of rotatable bonds is 2. The van der Waals surface area contributed by atoms with Crippen LogP contribution in [0.15, 0.2) is 18.5 Å². The van der Waals surface area contributed by atoms with Gasteiger partial charge in [0.05, 0.1) is 6.20 Å². The lowest BCUT2D eigenvalue weighted by molar-refractivity contribution is 0.0982. The van der Waals surface area contributed by atoms with Gasteiger partial charge in [-0.25, -0.2) is 0 Å². The van der Waals surface area contributed by atoms with E-state index in [1.165, 1.54) is 0 Å². The van der Waals surface area contributed by atoms with Crippen LogP contribution >= 0.6 is 22.6 Å². The van der Waals surface area contributed by atoms with Crippen molar-refractivity contribution in [3.63, 3.8) is 0 Å². The Bertz CT molecular complexity index is 276. The summed E-state index contributed by atoms with van der Waals surface area (Å²) < 4.78 is 6.65. The molecule has 0 aromatic carbocycles. The van der Waals surface area contributed by atoms with Crippen LogP contribution in [0.2, 0.25) is 0 Å². The Morgan fingerprint density at radius 3 is 3.00 bits per heavy atom. The van der Waals surface area contributed by atoms with Crippen molar-refractivity contribution in [2.75, 3.05) is 6.54 Å². The van der Waals surface area contributed by atoms with Crippen molar-refractivity contribution in [3.05, 3.63) is 22.0 Å². The smallest absolute Gasteiger partial charge is 0.151 e. The second-order valence-electron chi connectivity index (χ2n) is 2.69. The lowest BCUT2D eigenvalue weighted by Crippen LogP contribution is -2.46. The molecule has 2 rings (SSSR count). The summed E-state index contributed by atoms with van der Waals surface area (Å²) >= 11 is 2.22. The van der Waals surface area contributed by atoms with Crippen molar-refractivity contribution in [1.82, 2.24) is 10.3 Å². The van der Waals surface area contributed by atoms with Crippen LogP contribution < -0.4 is 10.1 Å². The van der Waals surface area contributed by atoms with E-state index in [0.29, 0.717) is 0 Å². The van der Waals surface area contributed by atoms with E-state index >= 15 is 0 Å². The lowest BCUT2D eigenvalue weighted by Gasteiger charge is -2.27. The first-order valence-electron chi connectivity index (χ1n) is 3.85. The van der Waals surface area contributed by atoms with E-state index < -0.39 is 0 Å². The maximum Gasteiger partial charge on any atom is 0.151 e. The number of nitrogens with zero attached hydrogens (tertiary/aromatic N) is 1. The normalized spacial score (nSPS) is 21.6. The highest BCUT2D eigenvalue weighted by Crippen LogP contribution is 2.16. The van der Waals surface area contributed by atoms with E-state index in [4.69, 9.17) is 4.74 Å². The zero-order chi connectivity index (χ0) is 8.39. The molecular formula is C8H9IN2O. The molecule has 1 N–H and O–H groups in total. The van der Waals surface area contributed by atoms with Crippen molar-refractivity contribution in [3.8, 4) is 5.75 Å². The Balaban J connectivity index is 2.02. The number of pyridine rings is 1. The van der Waals surface area contributed by atoms with Gasteiger partial charge in [-0.05, 0) is 28.7 Å². The summed E-state index contributed by atoms with van der Waals surface area (Å²) in [7, 11) is 0. The van der Waals surface area contributed by atoms with E-state index in [0.717, 1.165) is 22.3 Å². The lowest BCUT2D eigenvalue weighted by atomic mass is 10.2.